The highest BCUT2D eigenvalue weighted by Gasteiger charge is 2.70. The number of rotatable bonds is 3. The predicted octanol–water partition coefficient (Wildman–Crippen LogP) is 0.394. The van der Waals surface area contributed by atoms with Crippen molar-refractivity contribution in [3.05, 3.63) is 0 Å². The molecule has 5 rings (SSSR count). The Morgan fingerprint density at radius 2 is 2.30 bits per heavy atom. The third-order valence-corrected chi connectivity index (χ3v) is 6.26. The van der Waals surface area contributed by atoms with Crippen LogP contribution in [0.4, 0.5) is 0 Å². The molecule has 5 fully saturated rings. The van der Waals surface area contributed by atoms with Crippen LogP contribution in [0.1, 0.15) is 38.5 Å². The summed E-state index contributed by atoms with van der Waals surface area (Å²) in [5, 5.41) is 23.0. The van der Waals surface area contributed by atoms with Crippen molar-refractivity contribution < 1.29 is 9.90 Å². The van der Waals surface area contributed by atoms with Gasteiger partial charge in [-0.05, 0) is 50.4 Å². The van der Waals surface area contributed by atoms with Gasteiger partial charge in [-0.2, -0.15) is 5.26 Å². The number of carbonyl (C=O) groups is 1. The fourth-order valence-electron chi connectivity index (χ4n) is 5.35. The van der Waals surface area contributed by atoms with Gasteiger partial charge in [0.1, 0.15) is 6.04 Å². The van der Waals surface area contributed by atoms with E-state index in [1.807, 2.05) is 0 Å². The van der Waals surface area contributed by atoms with E-state index in [-0.39, 0.29) is 17.5 Å². The largest absolute Gasteiger partial charge is 0.390 e. The summed E-state index contributed by atoms with van der Waals surface area (Å²) in [6, 6.07) is 1.98. The van der Waals surface area contributed by atoms with Gasteiger partial charge in [0.25, 0.3) is 0 Å². The monoisotopic (exact) mass is 275 g/mol. The zero-order valence-corrected chi connectivity index (χ0v) is 11.6. The standard InChI is InChI=1S/C15H21N3O2/c16-7-12-2-1-3-18(12)13(19)8-17-14-5-11-4-10(14)6-15(11,20)9-14/h10-12,17,20H,1-6,8-9H2/t10?,11?,12-,14?,15?/m0/s1. The first-order valence-corrected chi connectivity index (χ1v) is 7.73. The Morgan fingerprint density at radius 1 is 1.45 bits per heavy atom. The van der Waals surface area contributed by atoms with Crippen molar-refractivity contribution in [2.75, 3.05) is 13.1 Å². The van der Waals surface area contributed by atoms with Gasteiger partial charge in [0, 0.05) is 12.1 Å². The number of hydrogen-bond donors (Lipinski definition) is 2. The van der Waals surface area contributed by atoms with E-state index in [1.54, 1.807) is 4.90 Å². The highest BCUT2D eigenvalue weighted by atomic mass is 16.3. The molecule has 0 aromatic carbocycles. The lowest BCUT2D eigenvalue weighted by atomic mass is 9.90. The van der Waals surface area contributed by atoms with Gasteiger partial charge in [0.05, 0.1) is 18.2 Å². The highest BCUT2D eigenvalue weighted by molar-refractivity contribution is 5.79. The minimum Gasteiger partial charge on any atom is -0.390 e. The van der Waals surface area contributed by atoms with Crippen LogP contribution in [0.3, 0.4) is 0 Å². The van der Waals surface area contributed by atoms with Gasteiger partial charge in [0.15, 0.2) is 0 Å². The molecule has 108 valence electrons. The van der Waals surface area contributed by atoms with Crippen molar-refractivity contribution in [2.24, 2.45) is 11.8 Å². The summed E-state index contributed by atoms with van der Waals surface area (Å²) < 4.78 is 0. The first-order chi connectivity index (χ1) is 9.56. The molecule has 1 heterocycles. The molecule has 2 N–H and O–H groups in total. The molecule has 0 spiro atoms. The zero-order chi connectivity index (χ0) is 14.0. The maximum Gasteiger partial charge on any atom is 0.237 e. The van der Waals surface area contributed by atoms with Gasteiger partial charge in [0.2, 0.25) is 5.91 Å². The summed E-state index contributed by atoms with van der Waals surface area (Å²) in [5.41, 5.74) is -0.458. The number of nitrogens with zero attached hydrogens (tertiary/aromatic N) is 2. The third-order valence-electron chi connectivity index (χ3n) is 6.26. The molecule has 5 aliphatic rings. The van der Waals surface area contributed by atoms with E-state index in [9.17, 15) is 9.90 Å². The van der Waals surface area contributed by atoms with Crippen LogP contribution in [-0.2, 0) is 4.79 Å². The molecular weight excluding hydrogens is 254 g/mol. The van der Waals surface area contributed by atoms with Crippen LogP contribution in [0.25, 0.3) is 0 Å². The summed E-state index contributed by atoms with van der Waals surface area (Å²) in [6.07, 6.45) is 5.58. The van der Waals surface area contributed by atoms with E-state index in [0.29, 0.717) is 24.9 Å². The molecule has 4 bridgehead atoms. The molecule has 0 aromatic heterocycles. The molecule has 0 radical (unpaired) electrons. The van der Waals surface area contributed by atoms with E-state index >= 15 is 0 Å². The number of carbonyl (C=O) groups excluding carboxylic acids is 1. The second kappa shape index (κ2) is 3.96. The minimum absolute atomic E-state index is 0.00303. The molecular formula is C15H21N3O2. The van der Waals surface area contributed by atoms with Crippen LogP contribution in [0.5, 0.6) is 0 Å². The van der Waals surface area contributed by atoms with Crippen molar-refractivity contribution in [3.63, 3.8) is 0 Å². The zero-order valence-electron chi connectivity index (χ0n) is 11.6. The van der Waals surface area contributed by atoms with E-state index < -0.39 is 5.60 Å². The molecule has 1 amide bonds. The van der Waals surface area contributed by atoms with Crippen LogP contribution < -0.4 is 5.32 Å². The number of hydrogen-bond acceptors (Lipinski definition) is 4. The molecule has 4 saturated carbocycles. The molecule has 1 saturated heterocycles. The Balaban J connectivity index is 1.40. The molecule has 1 aliphatic heterocycles. The second-order valence-corrected chi connectivity index (χ2v) is 7.20. The van der Waals surface area contributed by atoms with E-state index in [4.69, 9.17) is 5.26 Å². The predicted molar refractivity (Wildman–Crippen MR) is 71.5 cm³/mol. The van der Waals surface area contributed by atoms with E-state index in [2.05, 4.69) is 11.4 Å². The van der Waals surface area contributed by atoms with Crippen LogP contribution in [-0.4, -0.2) is 46.2 Å². The maximum absolute atomic E-state index is 12.3. The number of nitrogens with one attached hydrogen (secondary N) is 1. The number of amides is 1. The fraction of sp³-hybridized carbons (Fsp3) is 0.867. The van der Waals surface area contributed by atoms with E-state index in [0.717, 1.165) is 38.5 Å². The lowest BCUT2D eigenvalue weighted by Gasteiger charge is -2.31. The lowest BCUT2D eigenvalue weighted by molar-refractivity contribution is -0.130. The lowest BCUT2D eigenvalue weighted by Crippen LogP contribution is -2.50. The van der Waals surface area contributed by atoms with Crippen LogP contribution in [0.15, 0.2) is 0 Å². The van der Waals surface area contributed by atoms with Crippen molar-refractivity contribution >= 4 is 5.91 Å². The normalized spacial score (nSPS) is 48.2. The summed E-state index contributed by atoms with van der Waals surface area (Å²) in [6.45, 7) is 1.03. The molecule has 5 nitrogen and oxygen atoms in total. The van der Waals surface area contributed by atoms with Gasteiger partial charge in [-0.3, -0.25) is 4.79 Å². The molecule has 0 aromatic rings. The fourth-order valence-corrected chi connectivity index (χ4v) is 5.35. The van der Waals surface area contributed by atoms with Crippen LogP contribution >= 0.6 is 0 Å². The second-order valence-electron chi connectivity index (χ2n) is 7.20. The molecule has 4 aliphatic carbocycles. The van der Waals surface area contributed by atoms with Gasteiger partial charge in [-0.15, -0.1) is 0 Å². The van der Waals surface area contributed by atoms with Gasteiger partial charge in [-0.1, -0.05) is 0 Å². The number of likely N-dealkylation sites (tertiary alicyclic amines) is 1. The Morgan fingerprint density at radius 3 is 2.85 bits per heavy atom. The molecule has 5 heteroatoms. The Bertz CT molecular complexity index is 502. The Labute approximate surface area is 118 Å². The smallest absolute Gasteiger partial charge is 0.237 e. The summed E-state index contributed by atoms with van der Waals surface area (Å²) in [5.74, 6) is 1.02. The first kappa shape index (κ1) is 12.6. The quantitative estimate of drug-likeness (QED) is 0.781. The number of aliphatic hydroxyl groups is 1. The summed E-state index contributed by atoms with van der Waals surface area (Å²) in [7, 11) is 0. The Kier molecular flexibility index (Phi) is 2.49. The van der Waals surface area contributed by atoms with Gasteiger partial charge < -0.3 is 15.3 Å². The van der Waals surface area contributed by atoms with Crippen molar-refractivity contribution in [3.8, 4) is 6.07 Å². The Hall–Kier alpha value is -1.12. The SMILES string of the molecule is N#C[C@@H]1CCCN1C(=O)CNC12CC3CC1CC3(O)C2. The van der Waals surface area contributed by atoms with Gasteiger partial charge in [-0.25, -0.2) is 0 Å². The summed E-state index contributed by atoms with van der Waals surface area (Å²) in [4.78, 5) is 14.0. The topological polar surface area (TPSA) is 76.4 Å². The minimum atomic E-state index is -0.455. The maximum atomic E-state index is 12.3. The van der Waals surface area contributed by atoms with Crippen molar-refractivity contribution in [2.45, 2.75) is 55.7 Å². The van der Waals surface area contributed by atoms with E-state index in [1.165, 1.54) is 0 Å². The van der Waals surface area contributed by atoms with Crippen molar-refractivity contribution in [1.29, 1.82) is 5.26 Å². The van der Waals surface area contributed by atoms with Gasteiger partial charge >= 0.3 is 0 Å². The average molecular weight is 275 g/mol. The van der Waals surface area contributed by atoms with Crippen LogP contribution in [0, 0.1) is 23.2 Å². The van der Waals surface area contributed by atoms with Crippen LogP contribution in [0.2, 0.25) is 0 Å². The average Bonchev–Trinajstić information content (AvgIpc) is 3.14. The summed E-state index contributed by atoms with van der Waals surface area (Å²) >= 11 is 0. The molecule has 5 atom stereocenters. The molecule has 20 heavy (non-hydrogen) atoms. The first-order valence-electron chi connectivity index (χ1n) is 7.73. The van der Waals surface area contributed by atoms with Crippen molar-refractivity contribution in [1.82, 2.24) is 10.2 Å². The molecule has 4 unspecified atom stereocenters. The highest BCUT2D eigenvalue weighted by Crippen LogP contribution is 2.67. The number of nitriles is 1. The third kappa shape index (κ3) is 1.52.